The molecule has 0 aliphatic heterocycles. The minimum atomic E-state index is 0.607. The van der Waals surface area contributed by atoms with Gasteiger partial charge in [-0.15, -0.1) is 0 Å². The number of ether oxygens (including phenoxy) is 3. The lowest BCUT2D eigenvalue weighted by atomic mass is 9.93. The Morgan fingerprint density at radius 1 is 0.846 bits per heavy atom. The van der Waals surface area contributed by atoms with Gasteiger partial charge in [-0.05, 0) is 49.7 Å². The second-order valence-electron chi connectivity index (χ2n) is 5.69. The molecule has 3 nitrogen and oxygen atoms in total. The van der Waals surface area contributed by atoms with Gasteiger partial charge in [-0.2, -0.15) is 0 Å². The van der Waals surface area contributed by atoms with Gasteiger partial charge in [0.2, 0.25) is 0 Å². The molecule has 0 amide bonds. The van der Waals surface area contributed by atoms with E-state index in [1.807, 2.05) is 68.4 Å². The van der Waals surface area contributed by atoms with E-state index in [1.165, 1.54) is 0 Å². The van der Waals surface area contributed by atoms with E-state index in [1.54, 1.807) is 7.11 Å². The average molecular weight is 347 g/mol. The van der Waals surface area contributed by atoms with Gasteiger partial charge < -0.3 is 14.2 Å². The molecule has 0 N–H and O–H groups in total. The molecule has 3 heteroatoms. The summed E-state index contributed by atoms with van der Waals surface area (Å²) in [6, 6.07) is 23.2. The first kappa shape index (κ1) is 17.9. The first-order valence-corrected chi connectivity index (χ1v) is 8.82. The van der Waals surface area contributed by atoms with Crippen LogP contribution in [0.15, 0.2) is 60.7 Å². The molecule has 3 aromatic carbocycles. The van der Waals surface area contributed by atoms with E-state index in [0.29, 0.717) is 13.2 Å². The van der Waals surface area contributed by atoms with Crippen LogP contribution in [0.5, 0.6) is 17.2 Å². The Morgan fingerprint density at radius 3 is 2.42 bits per heavy atom. The molecule has 0 unspecified atom stereocenters. The molecule has 3 aromatic rings. The standard InChI is InChI=1S/C23H23O3/c1-4-25-18-11-8-10-17(16-18)23-20(13-9-15-22(23)24-3)19-12-6-7-14-21(19)26-5-2/h6-12,14-16H,4-5H2,1-3H3. The Morgan fingerprint density at radius 2 is 1.65 bits per heavy atom. The molecule has 0 spiro atoms. The largest absolute Gasteiger partial charge is 0.496 e. The fourth-order valence-corrected chi connectivity index (χ4v) is 3.01. The summed E-state index contributed by atoms with van der Waals surface area (Å²) in [6.07, 6.45) is 0. The van der Waals surface area contributed by atoms with Crippen molar-refractivity contribution in [3.05, 3.63) is 66.7 Å². The fraction of sp³-hybridized carbons (Fsp3) is 0.217. The summed E-state index contributed by atoms with van der Waals surface area (Å²) in [6.45, 7) is 5.20. The van der Waals surface area contributed by atoms with E-state index in [-0.39, 0.29) is 0 Å². The van der Waals surface area contributed by atoms with Crippen molar-refractivity contribution in [1.82, 2.24) is 0 Å². The fourth-order valence-electron chi connectivity index (χ4n) is 3.01. The number of benzene rings is 3. The van der Waals surface area contributed by atoms with Crippen molar-refractivity contribution < 1.29 is 14.2 Å². The van der Waals surface area contributed by atoms with Gasteiger partial charge in [-0.25, -0.2) is 0 Å². The summed E-state index contributed by atoms with van der Waals surface area (Å²) in [5.74, 6) is 2.46. The molecular weight excluding hydrogens is 324 g/mol. The molecule has 0 fully saturated rings. The van der Waals surface area contributed by atoms with Crippen molar-refractivity contribution >= 4 is 0 Å². The van der Waals surface area contributed by atoms with Gasteiger partial charge >= 0.3 is 0 Å². The first-order chi connectivity index (χ1) is 12.8. The van der Waals surface area contributed by atoms with Crippen molar-refractivity contribution in [2.45, 2.75) is 13.8 Å². The van der Waals surface area contributed by atoms with Crippen molar-refractivity contribution in [2.75, 3.05) is 20.3 Å². The van der Waals surface area contributed by atoms with Crippen molar-refractivity contribution in [2.24, 2.45) is 0 Å². The van der Waals surface area contributed by atoms with Crippen LogP contribution in [-0.4, -0.2) is 20.3 Å². The minimum absolute atomic E-state index is 0.607. The summed E-state index contributed by atoms with van der Waals surface area (Å²) in [5.41, 5.74) is 3.93. The minimum Gasteiger partial charge on any atom is -0.496 e. The summed E-state index contributed by atoms with van der Waals surface area (Å²) in [5, 5.41) is 0. The van der Waals surface area contributed by atoms with Crippen LogP contribution < -0.4 is 14.2 Å². The summed E-state index contributed by atoms with van der Waals surface area (Å²) < 4.78 is 17.2. The molecule has 26 heavy (non-hydrogen) atoms. The van der Waals surface area contributed by atoms with Gasteiger partial charge in [0, 0.05) is 16.7 Å². The average Bonchev–Trinajstić information content (AvgIpc) is 2.68. The lowest BCUT2D eigenvalue weighted by Gasteiger charge is -2.17. The number of hydrogen-bond donors (Lipinski definition) is 0. The maximum absolute atomic E-state index is 5.83. The number of methoxy groups -OCH3 is 1. The zero-order valence-corrected chi connectivity index (χ0v) is 15.4. The monoisotopic (exact) mass is 347 g/mol. The predicted octanol–water partition coefficient (Wildman–Crippen LogP) is 5.63. The van der Waals surface area contributed by atoms with Gasteiger partial charge in [0.1, 0.15) is 17.2 Å². The molecule has 0 saturated carbocycles. The SMILES string of the molecule is CCOc1cccc(-c2c(-c3ccccc3OCC)[c]ccc2OC)c1. The molecule has 0 aliphatic carbocycles. The number of hydrogen-bond acceptors (Lipinski definition) is 3. The highest BCUT2D eigenvalue weighted by Crippen LogP contribution is 2.42. The quantitative estimate of drug-likeness (QED) is 0.554. The highest BCUT2D eigenvalue weighted by atomic mass is 16.5. The van der Waals surface area contributed by atoms with Gasteiger partial charge in [0.05, 0.1) is 20.3 Å². The second-order valence-corrected chi connectivity index (χ2v) is 5.69. The van der Waals surface area contributed by atoms with Crippen LogP contribution in [0.2, 0.25) is 0 Å². The lowest BCUT2D eigenvalue weighted by molar-refractivity contribution is 0.340. The van der Waals surface area contributed by atoms with Crippen molar-refractivity contribution in [3.8, 4) is 39.5 Å². The lowest BCUT2D eigenvalue weighted by Crippen LogP contribution is -1.97. The molecule has 0 aliphatic rings. The van der Waals surface area contributed by atoms with E-state index < -0.39 is 0 Å². The van der Waals surface area contributed by atoms with Crippen LogP contribution in [0.1, 0.15) is 13.8 Å². The first-order valence-electron chi connectivity index (χ1n) is 8.82. The van der Waals surface area contributed by atoms with Crippen molar-refractivity contribution in [1.29, 1.82) is 0 Å². The van der Waals surface area contributed by atoms with E-state index in [9.17, 15) is 0 Å². The smallest absolute Gasteiger partial charge is 0.127 e. The summed E-state index contributed by atoms with van der Waals surface area (Å²) >= 11 is 0. The molecule has 0 aromatic heterocycles. The normalized spacial score (nSPS) is 10.4. The van der Waals surface area contributed by atoms with Crippen molar-refractivity contribution in [3.63, 3.8) is 0 Å². The van der Waals surface area contributed by atoms with Crippen LogP contribution >= 0.6 is 0 Å². The summed E-state index contributed by atoms with van der Waals surface area (Å²) in [7, 11) is 1.68. The third kappa shape index (κ3) is 3.67. The van der Waals surface area contributed by atoms with E-state index in [0.717, 1.165) is 39.5 Å². The molecule has 0 heterocycles. The molecule has 133 valence electrons. The highest BCUT2D eigenvalue weighted by Gasteiger charge is 2.16. The number of rotatable bonds is 7. The maximum Gasteiger partial charge on any atom is 0.127 e. The second kappa shape index (κ2) is 8.43. The molecular formula is C23H23O3. The van der Waals surface area contributed by atoms with Crippen LogP contribution in [-0.2, 0) is 0 Å². The Bertz CT molecular complexity index is 871. The van der Waals surface area contributed by atoms with E-state index in [4.69, 9.17) is 14.2 Å². The molecule has 3 rings (SSSR count). The maximum atomic E-state index is 5.83. The third-order valence-electron chi connectivity index (χ3n) is 4.07. The molecule has 1 radical (unpaired) electrons. The molecule has 0 bridgehead atoms. The van der Waals surface area contributed by atoms with Gasteiger partial charge in [0.25, 0.3) is 0 Å². The topological polar surface area (TPSA) is 27.7 Å². The third-order valence-corrected chi connectivity index (χ3v) is 4.07. The van der Waals surface area contributed by atoms with Gasteiger partial charge in [-0.1, -0.05) is 36.4 Å². The highest BCUT2D eigenvalue weighted by molar-refractivity contribution is 5.89. The van der Waals surface area contributed by atoms with Crippen LogP contribution in [0.4, 0.5) is 0 Å². The number of para-hydroxylation sites is 1. The Hall–Kier alpha value is -2.94. The molecule has 0 saturated heterocycles. The van der Waals surface area contributed by atoms with Gasteiger partial charge in [-0.3, -0.25) is 0 Å². The van der Waals surface area contributed by atoms with Crippen LogP contribution in [0, 0.1) is 6.07 Å². The Kier molecular flexibility index (Phi) is 5.80. The molecule has 0 atom stereocenters. The van der Waals surface area contributed by atoms with E-state index >= 15 is 0 Å². The van der Waals surface area contributed by atoms with Gasteiger partial charge in [0.15, 0.2) is 0 Å². The predicted molar refractivity (Wildman–Crippen MR) is 105 cm³/mol. The van der Waals surface area contributed by atoms with Crippen LogP contribution in [0.3, 0.4) is 0 Å². The van der Waals surface area contributed by atoms with Crippen LogP contribution in [0.25, 0.3) is 22.3 Å². The van der Waals surface area contributed by atoms with E-state index in [2.05, 4.69) is 12.1 Å². The zero-order valence-electron chi connectivity index (χ0n) is 15.4. The Balaban J connectivity index is 2.21. The Labute approximate surface area is 155 Å². The summed E-state index contributed by atoms with van der Waals surface area (Å²) in [4.78, 5) is 0. The zero-order chi connectivity index (χ0) is 18.4.